The lowest BCUT2D eigenvalue weighted by molar-refractivity contribution is -0.274. The number of carboxylic acid groups (broad SMARTS) is 1. The SMILES string of the molecule is O=C(O)C[C@H]1CCN(Cc2cc(C(F)(F)F)ccc2C(F)(F)F)[C@@H](c2ccc(OC(F)(F)F)cc2)C1. The van der Waals surface area contributed by atoms with E-state index in [-0.39, 0.29) is 25.8 Å². The van der Waals surface area contributed by atoms with Crippen LogP contribution in [0.25, 0.3) is 0 Å². The first-order valence-electron chi connectivity index (χ1n) is 10.6. The Hall–Kier alpha value is -2.96. The number of halogens is 9. The van der Waals surface area contributed by atoms with Crippen LogP contribution in [0.5, 0.6) is 5.75 Å². The number of rotatable bonds is 6. The summed E-state index contributed by atoms with van der Waals surface area (Å²) < 4.78 is 122. The molecule has 2 aromatic carbocycles. The molecule has 0 amide bonds. The van der Waals surface area contributed by atoms with Crippen molar-refractivity contribution < 1.29 is 54.2 Å². The Morgan fingerprint density at radius 3 is 2.11 bits per heavy atom. The van der Waals surface area contributed by atoms with E-state index in [1.807, 2.05) is 0 Å². The summed E-state index contributed by atoms with van der Waals surface area (Å²) in [6, 6.07) is 4.94. The maximum atomic E-state index is 13.6. The number of hydrogen-bond acceptors (Lipinski definition) is 3. The smallest absolute Gasteiger partial charge is 0.481 e. The Morgan fingerprint density at radius 1 is 0.944 bits per heavy atom. The van der Waals surface area contributed by atoms with Gasteiger partial charge in [-0.25, -0.2) is 0 Å². The van der Waals surface area contributed by atoms with Crippen molar-refractivity contribution in [2.45, 2.75) is 50.6 Å². The van der Waals surface area contributed by atoms with Gasteiger partial charge in [-0.15, -0.1) is 13.2 Å². The molecule has 13 heteroatoms. The Bertz CT molecular complexity index is 1060. The van der Waals surface area contributed by atoms with Crippen LogP contribution in [0.15, 0.2) is 42.5 Å². The van der Waals surface area contributed by atoms with Crippen LogP contribution in [0.3, 0.4) is 0 Å². The van der Waals surface area contributed by atoms with Gasteiger partial charge in [-0.05, 0) is 66.8 Å². The van der Waals surface area contributed by atoms with E-state index < -0.39 is 65.6 Å². The molecule has 0 bridgehead atoms. The average Bonchev–Trinajstić information content (AvgIpc) is 2.72. The highest BCUT2D eigenvalue weighted by Crippen LogP contribution is 2.41. The van der Waals surface area contributed by atoms with E-state index in [0.717, 1.165) is 12.1 Å². The van der Waals surface area contributed by atoms with Gasteiger partial charge in [0.15, 0.2) is 0 Å². The fourth-order valence-corrected chi connectivity index (χ4v) is 4.34. The first kappa shape index (κ1) is 27.6. The van der Waals surface area contributed by atoms with Crippen molar-refractivity contribution in [1.82, 2.24) is 4.90 Å². The molecule has 1 fully saturated rings. The first-order chi connectivity index (χ1) is 16.5. The molecule has 0 saturated carbocycles. The second-order valence-corrected chi connectivity index (χ2v) is 8.46. The summed E-state index contributed by atoms with van der Waals surface area (Å²) in [5, 5.41) is 9.13. The summed E-state index contributed by atoms with van der Waals surface area (Å²) >= 11 is 0. The second-order valence-electron chi connectivity index (χ2n) is 8.46. The van der Waals surface area contributed by atoms with Crippen molar-refractivity contribution >= 4 is 5.97 Å². The van der Waals surface area contributed by atoms with Crippen LogP contribution in [-0.4, -0.2) is 28.9 Å². The number of ether oxygens (including phenoxy) is 1. The van der Waals surface area contributed by atoms with E-state index in [2.05, 4.69) is 4.74 Å². The molecule has 0 aliphatic carbocycles. The number of carboxylic acids is 1. The molecular weight excluding hydrogens is 509 g/mol. The molecule has 1 aliphatic heterocycles. The number of hydrogen-bond donors (Lipinski definition) is 1. The van der Waals surface area contributed by atoms with Crippen molar-refractivity contribution in [3.8, 4) is 5.75 Å². The van der Waals surface area contributed by atoms with E-state index in [4.69, 9.17) is 5.11 Å². The number of carbonyl (C=O) groups is 1. The van der Waals surface area contributed by atoms with Gasteiger partial charge in [-0.1, -0.05) is 12.1 Å². The Balaban J connectivity index is 1.96. The molecular formula is C23H20F9NO3. The third-order valence-electron chi connectivity index (χ3n) is 5.90. The third-order valence-corrected chi connectivity index (χ3v) is 5.90. The summed E-state index contributed by atoms with van der Waals surface area (Å²) in [6.07, 6.45) is -14.6. The van der Waals surface area contributed by atoms with Crippen LogP contribution < -0.4 is 4.74 Å². The van der Waals surface area contributed by atoms with Gasteiger partial charge in [0.25, 0.3) is 0 Å². The van der Waals surface area contributed by atoms with Gasteiger partial charge in [-0.2, -0.15) is 26.3 Å². The largest absolute Gasteiger partial charge is 0.573 e. The summed E-state index contributed by atoms with van der Waals surface area (Å²) in [4.78, 5) is 12.7. The topological polar surface area (TPSA) is 49.8 Å². The number of piperidine rings is 1. The van der Waals surface area contributed by atoms with Gasteiger partial charge in [0.2, 0.25) is 0 Å². The Kier molecular flexibility index (Phi) is 7.82. The summed E-state index contributed by atoms with van der Waals surface area (Å²) in [5.41, 5.74) is -2.75. The number of aliphatic carboxylic acids is 1. The van der Waals surface area contributed by atoms with E-state index in [1.165, 1.54) is 17.0 Å². The van der Waals surface area contributed by atoms with Gasteiger partial charge < -0.3 is 9.84 Å². The maximum absolute atomic E-state index is 13.6. The zero-order valence-corrected chi connectivity index (χ0v) is 18.3. The summed E-state index contributed by atoms with van der Waals surface area (Å²) in [7, 11) is 0. The predicted molar refractivity (Wildman–Crippen MR) is 108 cm³/mol. The van der Waals surface area contributed by atoms with Gasteiger partial charge in [-0.3, -0.25) is 9.69 Å². The zero-order valence-electron chi connectivity index (χ0n) is 18.3. The van der Waals surface area contributed by atoms with Crippen LogP contribution in [0.4, 0.5) is 39.5 Å². The number of likely N-dealkylation sites (tertiary alicyclic amines) is 1. The molecule has 4 nitrogen and oxygen atoms in total. The zero-order chi connectivity index (χ0) is 26.9. The molecule has 198 valence electrons. The van der Waals surface area contributed by atoms with Crippen LogP contribution in [0.2, 0.25) is 0 Å². The molecule has 1 N–H and O–H groups in total. The fourth-order valence-electron chi connectivity index (χ4n) is 4.34. The number of benzene rings is 2. The van der Waals surface area contributed by atoms with E-state index in [1.54, 1.807) is 0 Å². The quantitative estimate of drug-likeness (QED) is 0.408. The third kappa shape index (κ3) is 7.28. The van der Waals surface area contributed by atoms with Crippen LogP contribution in [0.1, 0.15) is 47.6 Å². The molecule has 2 aromatic rings. The highest BCUT2D eigenvalue weighted by atomic mass is 19.4. The van der Waals surface area contributed by atoms with Crippen molar-refractivity contribution in [2.75, 3.05) is 6.54 Å². The van der Waals surface area contributed by atoms with Gasteiger partial charge in [0, 0.05) is 19.0 Å². The highest BCUT2D eigenvalue weighted by Gasteiger charge is 2.39. The minimum Gasteiger partial charge on any atom is -0.481 e. The minimum absolute atomic E-state index is 0.0664. The Labute approximate surface area is 199 Å². The average molecular weight is 529 g/mol. The monoisotopic (exact) mass is 529 g/mol. The molecule has 1 aliphatic rings. The van der Waals surface area contributed by atoms with Crippen LogP contribution >= 0.6 is 0 Å². The normalized spacial score (nSPS) is 19.8. The number of alkyl halides is 9. The molecule has 3 rings (SSSR count). The molecule has 0 unspecified atom stereocenters. The molecule has 0 aromatic heterocycles. The van der Waals surface area contributed by atoms with Gasteiger partial charge in [0.1, 0.15) is 5.75 Å². The Morgan fingerprint density at radius 2 is 1.58 bits per heavy atom. The van der Waals surface area contributed by atoms with Gasteiger partial charge >= 0.3 is 24.7 Å². The van der Waals surface area contributed by atoms with E-state index in [0.29, 0.717) is 23.8 Å². The van der Waals surface area contributed by atoms with Crippen LogP contribution in [0, 0.1) is 5.92 Å². The summed E-state index contributed by atoms with van der Waals surface area (Å²) in [5.74, 6) is -2.02. The molecule has 2 atom stereocenters. The molecule has 36 heavy (non-hydrogen) atoms. The number of nitrogens with zero attached hydrogens (tertiary/aromatic N) is 1. The molecule has 0 radical (unpaired) electrons. The fraction of sp³-hybridized carbons (Fsp3) is 0.435. The second kappa shape index (κ2) is 10.2. The van der Waals surface area contributed by atoms with Crippen molar-refractivity contribution in [3.05, 3.63) is 64.7 Å². The lowest BCUT2D eigenvalue weighted by atomic mass is 9.84. The van der Waals surface area contributed by atoms with E-state index in [9.17, 15) is 44.3 Å². The molecule has 1 heterocycles. The minimum atomic E-state index is -4.94. The van der Waals surface area contributed by atoms with Crippen molar-refractivity contribution in [2.24, 2.45) is 5.92 Å². The molecule has 0 spiro atoms. The van der Waals surface area contributed by atoms with Crippen molar-refractivity contribution in [1.29, 1.82) is 0 Å². The van der Waals surface area contributed by atoms with Crippen LogP contribution in [-0.2, 0) is 23.7 Å². The summed E-state index contributed by atoms with van der Waals surface area (Å²) in [6.45, 7) is -0.471. The maximum Gasteiger partial charge on any atom is 0.573 e. The van der Waals surface area contributed by atoms with Crippen molar-refractivity contribution in [3.63, 3.8) is 0 Å². The standard InChI is InChI=1S/C23H20F9NO3/c24-21(25,26)16-3-6-18(22(27,28)29)15(11-16)12-33-8-7-13(10-20(34)35)9-19(33)14-1-4-17(5-2-14)36-23(30,31)32/h1-6,11,13,19H,7-10,12H2,(H,34,35)/t13-,19+/m0/s1. The first-order valence-corrected chi connectivity index (χ1v) is 10.6. The molecule has 1 saturated heterocycles. The predicted octanol–water partition coefficient (Wildman–Crippen LogP) is 7.05. The lowest BCUT2D eigenvalue weighted by Crippen LogP contribution is -2.37. The highest BCUT2D eigenvalue weighted by molar-refractivity contribution is 5.67. The van der Waals surface area contributed by atoms with E-state index >= 15 is 0 Å². The van der Waals surface area contributed by atoms with Gasteiger partial charge in [0.05, 0.1) is 11.1 Å². The lowest BCUT2D eigenvalue weighted by Gasteiger charge is -2.40.